The number of hydrogen-bond donors (Lipinski definition) is 2. The van der Waals surface area contributed by atoms with Crippen molar-refractivity contribution in [3.8, 4) is 0 Å². The van der Waals surface area contributed by atoms with Crippen LogP contribution in [0.2, 0.25) is 0 Å². The molecule has 1 saturated heterocycles. The van der Waals surface area contributed by atoms with E-state index in [0.717, 1.165) is 0 Å². The standard InChI is InChI=1S/C20H26O6/c1-12-4-8-19(24)17(2,3)7-5-15(21)20(19)16(22)26-14(10-18(12,20)23)13-6-9-25-11-13/h6,9,11-12,14,23-24H,4-5,7-8,10H2,1-3H3/t12-,14+,18-,19-,20+/m1/s1. The number of esters is 1. The van der Waals surface area contributed by atoms with Gasteiger partial charge in [0.05, 0.1) is 23.7 Å². The first kappa shape index (κ1) is 17.7. The molecule has 4 rings (SSSR count). The number of aliphatic hydroxyl groups is 2. The molecule has 1 aromatic rings. The lowest BCUT2D eigenvalue weighted by Crippen LogP contribution is -2.81. The number of carbonyl (C=O) groups is 2. The molecule has 0 radical (unpaired) electrons. The minimum Gasteiger partial charge on any atom is -0.472 e. The molecule has 1 aromatic heterocycles. The molecule has 5 atom stereocenters. The lowest BCUT2D eigenvalue weighted by atomic mass is 9.40. The van der Waals surface area contributed by atoms with Gasteiger partial charge in [-0.05, 0) is 36.7 Å². The highest BCUT2D eigenvalue weighted by molar-refractivity contribution is 6.08. The van der Waals surface area contributed by atoms with Crippen molar-refractivity contribution >= 4 is 11.8 Å². The van der Waals surface area contributed by atoms with Gasteiger partial charge in [-0.15, -0.1) is 0 Å². The van der Waals surface area contributed by atoms with Gasteiger partial charge in [-0.25, -0.2) is 0 Å². The van der Waals surface area contributed by atoms with E-state index in [9.17, 15) is 19.8 Å². The minimum absolute atomic E-state index is 0.0730. The molecule has 0 aromatic carbocycles. The van der Waals surface area contributed by atoms with Crippen molar-refractivity contribution in [2.75, 3.05) is 0 Å². The summed E-state index contributed by atoms with van der Waals surface area (Å²) in [6.45, 7) is 5.58. The molecule has 6 nitrogen and oxygen atoms in total. The predicted octanol–water partition coefficient (Wildman–Crippen LogP) is 2.54. The van der Waals surface area contributed by atoms with Crippen molar-refractivity contribution < 1.29 is 29.0 Å². The number of furan rings is 1. The van der Waals surface area contributed by atoms with Gasteiger partial charge in [-0.1, -0.05) is 20.8 Å². The van der Waals surface area contributed by atoms with Crippen LogP contribution in [-0.2, 0) is 14.3 Å². The van der Waals surface area contributed by atoms with Gasteiger partial charge in [0.1, 0.15) is 6.10 Å². The summed E-state index contributed by atoms with van der Waals surface area (Å²) in [5.41, 5.74) is -5.26. The van der Waals surface area contributed by atoms with Gasteiger partial charge in [-0.2, -0.15) is 0 Å². The van der Waals surface area contributed by atoms with E-state index in [1.54, 1.807) is 6.07 Å². The molecule has 26 heavy (non-hydrogen) atoms. The van der Waals surface area contributed by atoms with Crippen molar-refractivity contribution in [3.63, 3.8) is 0 Å². The Hall–Kier alpha value is -1.66. The lowest BCUT2D eigenvalue weighted by molar-refractivity contribution is -0.301. The van der Waals surface area contributed by atoms with Crippen molar-refractivity contribution in [1.82, 2.24) is 0 Å². The van der Waals surface area contributed by atoms with Gasteiger partial charge in [0, 0.05) is 18.4 Å². The van der Waals surface area contributed by atoms with Gasteiger partial charge in [0.2, 0.25) is 0 Å². The molecule has 2 heterocycles. The number of rotatable bonds is 1. The fourth-order valence-electron chi connectivity index (χ4n) is 5.72. The number of hydrogen-bond acceptors (Lipinski definition) is 6. The van der Waals surface area contributed by atoms with Crippen LogP contribution in [0, 0.1) is 16.7 Å². The zero-order chi connectivity index (χ0) is 19.0. The molecule has 0 bridgehead atoms. The molecular formula is C20H26O6. The number of carbonyl (C=O) groups excluding carboxylic acids is 2. The molecule has 1 spiro atoms. The highest BCUT2D eigenvalue weighted by Gasteiger charge is 2.81. The van der Waals surface area contributed by atoms with Crippen LogP contribution in [0.4, 0.5) is 0 Å². The van der Waals surface area contributed by atoms with Gasteiger partial charge < -0.3 is 19.4 Å². The summed E-state index contributed by atoms with van der Waals surface area (Å²) in [6, 6.07) is 1.69. The number of cyclic esters (lactones) is 1. The van der Waals surface area contributed by atoms with Crippen LogP contribution in [0.5, 0.6) is 0 Å². The van der Waals surface area contributed by atoms with Crippen LogP contribution in [0.1, 0.15) is 64.5 Å². The topological polar surface area (TPSA) is 97.0 Å². The average Bonchev–Trinajstić information content (AvgIpc) is 3.10. The molecule has 0 unspecified atom stereocenters. The number of Topliss-reactive ketones (excluding diaryl/α,β-unsaturated/α-hetero) is 1. The lowest BCUT2D eigenvalue weighted by Gasteiger charge is -2.67. The molecule has 2 saturated carbocycles. The van der Waals surface area contributed by atoms with Crippen molar-refractivity contribution in [2.24, 2.45) is 16.7 Å². The molecule has 3 aliphatic rings. The van der Waals surface area contributed by atoms with E-state index in [1.807, 2.05) is 20.8 Å². The second-order valence-electron chi connectivity index (χ2n) is 8.94. The summed E-state index contributed by atoms with van der Waals surface area (Å²) in [5.74, 6) is -1.52. The highest BCUT2D eigenvalue weighted by atomic mass is 16.6. The predicted molar refractivity (Wildman–Crippen MR) is 90.9 cm³/mol. The summed E-state index contributed by atoms with van der Waals surface area (Å²) in [4.78, 5) is 26.5. The van der Waals surface area contributed by atoms with Gasteiger partial charge in [0.25, 0.3) is 0 Å². The fraction of sp³-hybridized carbons (Fsp3) is 0.700. The molecule has 2 N–H and O–H groups in total. The maximum Gasteiger partial charge on any atom is 0.326 e. The molecule has 6 heteroatoms. The van der Waals surface area contributed by atoms with Crippen LogP contribution in [0.3, 0.4) is 0 Å². The van der Waals surface area contributed by atoms with E-state index in [2.05, 4.69) is 0 Å². The maximum absolute atomic E-state index is 13.4. The maximum atomic E-state index is 13.4. The summed E-state index contributed by atoms with van der Waals surface area (Å²) >= 11 is 0. The van der Waals surface area contributed by atoms with Gasteiger partial charge >= 0.3 is 5.97 Å². The molecule has 1 aliphatic heterocycles. The Morgan fingerprint density at radius 3 is 2.58 bits per heavy atom. The first-order chi connectivity index (χ1) is 12.1. The molecule has 2 aliphatic carbocycles. The molecular weight excluding hydrogens is 336 g/mol. The fourth-order valence-corrected chi connectivity index (χ4v) is 5.72. The first-order valence-electron chi connectivity index (χ1n) is 9.31. The Kier molecular flexibility index (Phi) is 3.55. The smallest absolute Gasteiger partial charge is 0.326 e. The minimum atomic E-state index is -1.93. The summed E-state index contributed by atoms with van der Waals surface area (Å²) < 4.78 is 10.8. The first-order valence-corrected chi connectivity index (χ1v) is 9.31. The van der Waals surface area contributed by atoms with E-state index in [1.165, 1.54) is 12.5 Å². The second kappa shape index (κ2) is 5.20. The third-order valence-corrected chi connectivity index (χ3v) is 7.51. The van der Waals surface area contributed by atoms with Crippen LogP contribution in [-0.4, -0.2) is 33.2 Å². The van der Waals surface area contributed by atoms with Crippen LogP contribution in [0.25, 0.3) is 0 Å². The Morgan fingerprint density at radius 1 is 1.19 bits per heavy atom. The van der Waals surface area contributed by atoms with Crippen molar-refractivity contribution in [2.45, 2.75) is 70.2 Å². The molecule has 0 amide bonds. The zero-order valence-electron chi connectivity index (χ0n) is 15.4. The Balaban J connectivity index is 1.92. The normalized spacial score (nSPS) is 44.8. The SMILES string of the molecule is C[C@@H]1CC[C@@]2(O)C(C)(C)CCC(=O)[C@@]23C(=O)O[C@H](c2ccoc2)C[C@@]13O. The summed E-state index contributed by atoms with van der Waals surface area (Å²) in [5, 5.41) is 23.6. The third kappa shape index (κ3) is 1.79. The quantitative estimate of drug-likeness (QED) is 0.589. The van der Waals surface area contributed by atoms with Crippen LogP contribution < -0.4 is 0 Å². The van der Waals surface area contributed by atoms with Crippen LogP contribution >= 0.6 is 0 Å². The van der Waals surface area contributed by atoms with E-state index in [-0.39, 0.29) is 18.8 Å². The van der Waals surface area contributed by atoms with E-state index >= 15 is 0 Å². The van der Waals surface area contributed by atoms with E-state index in [4.69, 9.17) is 9.15 Å². The average molecular weight is 362 g/mol. The summed E-state index contributed by atoms with van der Waals surface area (Å²) in [6.07, 6.45) is 3.79. The van der Waals surface area contributed by atoms with Gasteiger partial charge in [0.15, 0.2) is 11.2 Å². The van der Waals surface area contributed by atoms with E-state index < -0.39 is 39.9 Å². The third-order valence-electron chi connectivity index (χ3n) is 7.51. The Bertz CT molecular complexity index is 752. The highest BCUT2D eigenvalue weighted by Crippen LogP contribution is 2.67. The van der Waals surface area contributed by atoms with Crippen LogP contribution in [0.15, 0.2) is 23.0 Å². The Morgan fingerprint density at radius 2 is 1.92 bits per heavy atom. The second-order valence-corrected chi connectivity index (χ2v) is 8.94. The monoisotopic (exact) mass is 362 g/mol. The van der Waals surface area contributed by atoms with Gasteiger partial charge in [-0.3, -0.25) is 9.59 Å². The zero-order valence-corrected chi connectivity index (χ0v) is 15.4. The van der Waals surface area contributed by atoms with Crippen molar-refractivity contribution in [1.29, 1.82) is 0 Å². The Labute approximate surface area is 152 Å². The number of ether oxygens (including phenoxy) is 1. The molecule has 142 valence electrons. The largest absolute Gasteiger partial charge is 0.472 e. The number of ketones is 1. The van der Waals surface area contributed by atoms with Crippen molar-refractivity contribution in [3.05, 3.63) is 24.2 Å². The molecule has 3 fully saturated rings. The van der Waals surface area contributed by atoms with E-state index in [0.29, 0.717) is 24.8 Å². The summed E-state index contributed by atoms with van der Waals surface area (Å²) in [7, 11) is 0.